The Balaban J connectivity index is 1.69. The lowest BCUT2D eigenvalue weighted by molar-refractivity contribution is 0.0946. The Morgan fingerprint density at radius 3 is 2.56 bits per heavy atom. The molecule has 0 fully saturated rings. The SMILES string of the molecule is COc1ccccc1NC(=O)c1ccnc(C(=O)NCc2ccncc2)c1. The average Bonchev–Trinajstić information content (AvgIpc) is 2.73. The third-order valence-corrected chi connectivity index (χ3v) is 3.81. The van der Waals surface area contributed by atoms with Gasteiger partial charge in [0.15, 0.2) is 0 Å². The van der Waals surface area contributed by atoms with Crippen LogP contribution in [-0.2, 0) is 6.54 Å². The van der Waals surface area contributed by atoms with E-state index in [1.807, 2.05) is 18.2 Å². The Hall–Kier alpha value is -3.74. The molecule has 3 rings (SSSR count). The van der Waals surface area contributed by atoms with Crippen LogP contribution >= 0.6 is 0 Å². The molecular formula is C20H18N4O3. The molecule has 27 heavy (non-hydrogen) atoms. The van der Waals surface area contributed by atoms with Gasteiger partial charge in [-0.2, -0.15) is 0 Å². The van der Waals surface area contributed by atoms with Gasteiger partial charge in [-0.15, -0.1) is 0 Å². The maximum atomic E-state index is 12.5. The molecular weight excluding hydrogens is 344 g/mol. The monoisotopic (exact) mass is 362 g/mol. The summed E-state index contributed by atoms with van der Waals surface area (Å²) in [6, 6.07) is 13.7. The molecule has 7 nitrogen and oxygen atoms in total. The lowest BCUT2D eigenvalue weighted by Gasteiger charge is -2.10. The quantitative estimate of drug-likeness (QED) is 0.703. The van der Waals surface area contributed by atoms with E-state index in [2.05, 4.69) is 20.6 Å². The van der Waals surface area contributed by atoms with Gasteiger partial charge in [0.2, 0.25) is 0 Å². The Labute approximate surface area is 156 Å². The van der Waals surface area contributed by atoms with Crippen molar-refractivity contribution >= 4 is 17.5 Å². The van der Waals surface area contributed by atoms with E-state index in [9.17, 15) is 9.59 Å². The maximum Gasteiger partial charge on any atom is 0.270 e. The summed E-state index contributed by atoms with van der Waals surface area (Å²) in [5.41, 5.74) is 1.95. The van der Waals surface area contributed by atoms with Gasteiger partial charge in [0, 0.05) is 30.7 Å². The highest BCUT2D eigenvalue weighted by molar-refractivity contribution is 6.06. The number of nitrogens with zero attached hydrogens (tertiary/aromatic N) is 2. The van der Waals surface area contributed by atoms with Crippen LogP contribution < -0.4 is 15.4 Å². The third kappa shape index (κ3) is 4.66. The van der Waals surface area contributed by atoms with Crippen molar-refractivity contribution in [2.75, 3.05) is 12.4 Å². The molecule has 136 valence electrons. The van der Waals surface area contributed by atoms with Gasteiger partial charge in [0.25, 0.3) is 11.8 Å². The van der Waals surface area contributed by atoms with Gasteiger partial charge in [0.1, 0.15) is 11.4 Å². The van der Waals surface area contributed by atoms with Crippen molar-refractivity contribution in [3.8, 4) is 5.75 Å². The van der Waals surface area contributed by atoms with Crippen LogP contribution in [0.25, 0.3) is 0 Å². The maximum absolute atomic E-state index is 12.5. The highest BCUT2D eigenvalue weighted by Gasteiger charge is 2.13. The molecule has 0 atom stereocenters. The molecule has 0 unspecified atom stereocenters. The van der Waals surface area contributed by atoms with Gasteiger partial charge in [-0.1, -0.05) is 12.1 Å². The minimum absolute atomic E-state index is 0.164. The lowest BCUT2D eigenvalue weighted by Crippen LogP contribution is -2.24. The zero-order valence-electron chi connectivity index (χ0n) is 14.7. The topological polar surface area (TPSA) is 93.2 Å². The van der Waals surface area contributed by atoms with Crippen molar-refractivity contribution in [3.63, 3.8) is 0 Å². The predicted octanol–water partition coefficient (Wildman–Crippen LogP) is 2.67. The Morgan fingerprint density at radius 2 is 1.78 bits per heavy atom. The molecule has 2 amide bonds. The van der Waals surface area contributed by atoms with Crippen molar-refractivity contribution < 1.29 is 14.3 Å². The molecule has 7 heteroatoms. The fraction of sp³-hybridized carbons (Fsp3) is 0.100. The van der Waals surface area contributed by atoms with Gasteiger partial charge in [-0.05, 0) is 42.0 Å². The van der Waals surface area contributed by atoms with Crippen LogP contribution in [0.15, 0.2) is 67.1 Å². The number of anilines is 1. The van der Waals surface area contributed by atoms with E-state index >= 15 is 0 Å². The summed E-state index contributed by atoms with van der Waals surface area (Å²) >= 11 is 0. The molecule has 0 aliphatic carbocycles. The second-order valence-corrected chi connectivity index (χ2v) is 5.62. The molecule has 2 aromatic heterocycles. The fourth-order valence-electron chi connectivity index (χ4n) is 2.41. The predicted molar refractivity (Wildman–Crippen MR) is 101 cm³/mol. The second kappa shape index (κ2) is 8.57. The lowest BCUT2D eigenvalue weighted by atomic mass is 10.2. The van der Waals surface area contributed by atoms with Crippen LogP contribution in [0.1, 0.15) is 26.4 Å². The molecule has 2 heterocycles. The number of ether oxygens (including phenoxy) is 1. The van der Waals surface area contributed by atoms with E-state index in [1.54, 1.807) is 36.7 Å². The summed E-state index contributed by atoms with van der Waals surface area (Å²) in [6.45, 7) is 0.348. The Kier molecular flexibility index (Phi) is 5.73. The summed E-state index contributed by atoms with van der Waals surface area (Å²) < 4.78 is 5.22. The van der Waals surface area contributed by atoms with Crippen LogP contribution in [-0.4, -0.2) is 28.9 Å². The number of nitrogens with one attached hydrogen (secondary N) is 2. The molecule has 2 N–H and O–H groups in total. The molecule has 0 saturated heterocycles. The van der Waals surface area contributed by atoms with Crippen molar-refractivity contribution in [1.82, 2.24) is 15.3 Å². The highest BCUT2D eigenvalue weighted by atomic mass is 16.5. The zero-order valence-corrected chi connectivity index (χ0v) is 14.7. The van der Waals surface area contributed by atoms with Crippen LogP contribution in [0.3, 0.4) is 0 Å². The molecule has 0 bridgehead atoms. The van der Waals surface area contributed by atoms with E-state index in [-0.39, 0.29) is 17.5 Å². The molecule has 0 spiro atoms. The minimum Gasteiger partial charge on any atom is -0.495 e. The second-order valence-electron chi connectivity index (χ2n) is 5.62. The van der Waals surface area contributed by atoms with Gasteiger partial charge < -0.3 is 15.4 Å². The van der Waals surface area contributed by atoms with E-state index in [0.717, 1.165) is 5.56 Å². The van der Waals surface area contributed by atoms with Crippen LogP contribution in [0.2, 0.25) is 0 Å². The molecule has 3 aromatic rings. The summed E-state index contributed by atoms with van der Waals surface area (Å²) in [5, 5.41) is 5.54. The van der Waals surface area contributed by atoms with Gasteiger partial charge >= 0.3 is 0 Å². The summed E-state index contributed by atoms with van der Waals surface area (Å²) in [4.78, 5) is 32.8. The highest BCUT2D eigenvalue weighted by Crippen LogP contribution is 2.23. The van der Waals surface area contributed by atoms with Crippen LogP contribution in [0.4, 0.5) is 5.69 Å². The Bertz CT molecular complexity index is 945. The van der Waals surface area contributed by atoms with Crippen molar-refractivity contribution in [1.29, 1.82) is 0 Å². The fourth-order valence-corrected chi connectivity index (χ4v) is 2.41. The molecule has 0 saturated carbocycles. The zero-order chi connectivity index (χ0) is 19.1. The third-order valence-electron chi connectivity index (χ3n) is 3.81. The van der Waals surface area contributed by atoms with Gasteiger partial charge in [-0.25, -0.2) is 0 Å². The normalized spacial score (nSPS) is 10.1. The first-order valence-electron chi connectivity index (χ1n) is 8.25. The molecule has 0 aliphatic rings. The Morgan fingerprint density at radius 1 is 1.00 bits per heavy atom. The van der Waals surface area contributed by atoms with Crippen LogP contribution in [0, 0.1) is 0 Å². The summed E-state index contributed by atoms with van der Waals surface area (Å²) in [6.07, 6.45) is 4.74. The molecule has 1 aromatic carbocycles. The number of carbonyl (C=O) groups is 2. The number of hydrogen-bond acceptors (Lipinski definition) is 5. The van der Waals surface area contributed by atoms with E-state index in [0.29, 0.717) is 23.5 Å². The summed E-state index contributed by atoms with van der Waals surface area (Å²) in [5.74, 6) is -0.168. The van der Waals surface area contributed by atoms with Gasteiger partial charge in [0.05, 0.1) is 12.8 Å². The number of carbonyl (C=O) groups excluding carboxylic acids is 2. The van der Waals surface area contributed by atoms with Gasteiger partial charge in [-0.3, -0.25) is 19.6 Å². The number of hydrogen-bond donors (Lipinski definition) is 2. The number of pyridine rings is 2. The minimum atomic E-state index is -0.362. The van der Waals surface area contributed by atoms with E-state index in [1.165, 1.54) is 19.4 Å². The number of rotatable bonds is 6. The van der Waals surface area contributed by atoms with Crippen molar-refractivity contribution in [2.45, 2.75) is 6.54 Å². The van der Waals surface area contributed by atoms with E-state index in [4.69, 9.17) is 4.74 Å². The summed E-state index contributed by atoms with van der Waals surface area (Å²) in [7, 11) is 1.53. The molecule has 0 aliphatic heterocycles. The first-order chi connectivity index (χ1) is 13.2. The van der Waals surface area contributed by atoms with Crippen LogP contribution in [0.5, 0.6) is 5.75 Å². The van der Waals surface area contributed by atoms with Crippen molar-refractivity contribution in [2.24, 2.45) is 0 Å². The largest absolute Gasteiger partial charge is 0.495 e. The average molecular weight is 362 g/mol. The number of benzene rings is 1. The first-order valence-corrected chi connectivity index (χ1v) is 8.25. The smallest absolute Gasteiger partial charge is 0.270 e. The number of methoxy groups -OCH3 is 1. The number of aromatic nitrogens is 2. The number of para-hydroxylation sites is 2. The molecule has 0 radical (unpaired) electrons. The van der Waals surface area contributed by atoms with Crippen molar-refractivity contribution in [3.05, 3.63) is 83.9 Å². The number of amides is 2. The standard InChI is InChI=1S/C20H18N4O3/c1-27-18-5-3-2-4-16(18)24-19(25)15-8-11-22-17(12-15)20(26)23-13-14-6-9-21-10-7-14/h2-12H,13H2,1H3,(H,23,26)(H,24,25). The van der Waals surface area contributed by atoms with E-state index < -0.39 is 0 Å². The first kappa shape index (κ1) is 18.1.